The van der Waals surface area contributed by atoms with Gasteiger partial charge in [0.25, 0.3) is 0 Å². The monoisotopic (exact) mass is 194 g/mol. The van der Waals surface area contributed by atoms with Crippen LogP contribution < -0.4 is 0 Å². The van der Waals surface area contributed by atoms with Gasteiger partial charge < -0.3 is 4.90 Å². The summed E-state index contributed by atoms with van der Waals surface area (Å²) in [5.41, 5.74) is 1.11. The van der Waals surface area contributed by atoms with E-state index in [0.717, 1.165) is 18.8 Å². The lowest BCUT2D eigenvalue weighted by molar-refractivity contribution is 0.332. The number of allylic oxidation sites excluding steroid dienone is 2. The van der Waals surface area contributed by atoms with E-state index in [-0.39, 0.29) is 0 Å². The van der Waals surface area contributed by atoms with Gasteiger partial charge in [0.2, 0.25) is 0 Å². The van der Waals surface area contributed by atoms with Gasteiger partial charge in [-0.25, -0.2) is 0 Å². The lowest BCUT2D eigenvalue weighted by Crippen LogP contribution is -2.24. The summed E-state index contributed by atoms with van der Waals surface area (Å²) in [5.74, 6) is 0. The van der Waals surface area contributed by atoms with Crippen molar-refractivity contribution in [1.82, 2.24) is 4.90 Å². The van der Waals surface area contributed by atoms with Crippen LogP contribution in [0.4, 0.5) is 0 Å². The summed E-state index contributed by atoms with van der Waals surface area (Å²) in [5, 5.41) is 8.58. The number of nitrogens with zero attached hydrogens (tertiary/aromatic N) is 2. The zero-order valence-corrected chi connectivity index (χ0v) is 9.71. The third-order valence-corrected chi connectivity index (χ3v) is 2.34. The first-order chi connectivity index (χ1) is 6.76. The zero-order chi connectivity index (χ0) is 10.8. The van der Waals surface area contributed by atoms with Gasteiger partial charge in [0.05, 0.1) is 6.07 Å². The molecule has 14 heavy (non-hydrogen) atoms. The minimum atomic E-state index is 1.08. The van der Waals surface area contributed by atoms with Crippen molar-refractivity contribution in [1.29, 1.82) is 5.26 Å². The zero-order valence-electron chi connectivity index (χ0n) is 9.71. The molecular weight excluding hydrogens is 172 g/mol. The van der Waals surface area contributed by atoms with Crippen LogP contribution in [0.25, 0.3) is 0 Å². The van der Waals surface area contributed by atoms with Gasteiger partial charge in [0.1, 0.15) is 0 Å². The molecular formula is C12H22N2. The molecule has 2 nitrogen and oxygen atoms in total. The molecule has 0 radical (unpaired) electrons. The molecule has 0 aromatic carbocycles. The van der Waals surface area contributed by atoms with E-state index >= 15 is 0 Å². The number of unbranched alkanes of at least 4 members (excludes halogenated alkanes) is 2. The van der Waals surface area contributed by atoms with Crippen LogP contribution >= 0.6 is 0 Å². The Bertz CT molecular complexity index is 193. The highest BCUT2D eigenvalue weighted by Crippen LogP contribution is 2.07. The Morgan fingerprint density at radius 1 is 1.21 bits per heavy atom. The molecule has 80 valence electrons. The van der Waals surface area contributed by atoms with Crippen LogP contribution in [0.3, 0.4) is 0 Å². The predicted molar refractivity (Wildman–Crippen MR) is 60.8 cm³/mol. The van der Waals surface area contributed by atoms with E-state index in [4.69, 9.17) is 5.26 Å². The summed E-state index contributed by atoms with van der Waals surface area (Å²) in [4.78, 5) is 2.32. The predicted octanol–water partition coefficient (Wildman–Crippen LogP) is 3.32. The largest absolute Gasteiger partial charge is 0.374 e. The van der Waals surface area contributed by atoms with E-state index in [0.29, 0.717) is 0 Å². The van der Waals surface area contributed by atoms with E-state index < -0.39 is 0 Å². The van der Waals surface area contributed by atoms with Gasteiger partial charge in [-0.2, -0.15) is 5.26 Å². The first-order valence-electron chi connectivity index (χ1n) is 5.57. The fraction of sp³-hybridized carbons (Fsp3) is 0.750. The van der Waals surface area contributed by atoms with Crippen molar-refractivity contribution < 1.29 is 0 Å². The van der Waals surface area contributed by atoms with E-state index in [1.807, 2.05) is 6.92 Å². The molecule has 0 atom stereocenters. The second kappa shape index (κ2) is 8.62. The first kappa shape index (κ1) is 13.0. The van der Waals surface area contributed by atoms with Gasteiger partial charge in [-0.15, -0.1) is 0 Å². The van der Waals surface area contributed by atoms with Crippen molar-refractivity contribution in [3.63, 3.8) is 0 Å². The molecule has 0 aromatic rings. The Morgan fingerprint density at radius 3 is 2.07 bits per heavy atom. The topological polar surface area (TPSA) is 27.0 Å². The van der Waals surface area contributed by atoms with Crippen LogP contribution in [0.15, 0.2) is 11.8 Å². The van der Waals surface area contributed by atoms with Crippen molar-refractivity contribution >= 4 is 0 Å². The minimum Gasteiger partial charge on any atom is -0.374 e. The molecule has 2 heteroatoms. The Labute approximate surface area is 88.2 Å². The van der Waals surface area contributed by atoms with Gasteiger partial charge in [-0.3, -0.25) is 0 Å². The average Bonchev–Trinajstić information content (AvgIpc) is 2.18. The lowest BCUT2D eigenvalue weighted by Gasteiger charge is -2.24. The fourth-order valence-corrected chi connectivity index (χ4v) is 1.35. The molecule has 0 aliphatic rings. The van der Waals surface area contributed by atoms with Gasteiger partial charge >= 0.3 is 0 Å². The highest BCUT2D eigenvalue weighted by Gasteiger charge is 2.03. The van der Waals surface area contributed by atoms with E-state index in [1.54, 1.807) is 6.08 Å². The highest BCUT2D eigenvalue weighted by atomic mass is 15.1. The summed E-state index contributed by atoms with van der Waals surface area (Å²) in [6.07, 6.45) is 6.48. The number of hydrogen-bond donors (Lipinski definition) is 0. The minimum absolute atomic E-state index is 1.08. The lowest BCUT2D eigenvalue weighted by atomic mass is 10.2. The number of hydrogen-bond acceptors (Lipinski definition) is 2. The first-order valence-corrected chi connectivity index (χ1v) is 5.57. The SMILES string of the molecule is CCCCN(CCCC)C(C)=CC#N. The maximum Gasteiger partial charge on any atom is 0.0930 e. The van der Waals surface area contributed by atoms with Crippen molar-refractivity contribution in [2.24, 2.45) is 0 Å². The molecule has 0 aliphatic heterocycles. The third-order valence-electron chi connectivity index (χ3n) is 2.34. The standard InChI is InChI=1S/C12H22N2/c1-4-6-10-14(11-7-5-2)12(3)8-9-13/h8H,4-7,10-11H2,1-3H3. The normalized spacial score (nSPS) is 11.1. The van der Waals surface area contributed by atoms with Gasteiger partial charge in [0.15, 0.2) is 0 Å². The Kier molecular flexibility index (Phi) is 8.02. The molecule has 0 bridgehead atoms. The molecule has 0 N–H and O–H groups in total. The molecule has 0 spiro atoms. The van der Waals surface area contributed by atoms with Crippen LogP contribution in [-0.4, -0.2) is 18.0 Å². The second-order valence-corrected chi connectivity index (χ2v) is 3.61. The highest BCUT2D eigenvalue weighted by molar-refractivity contribution is 5.10. The molecule has 0 saturated carbocycles. The van der Waals surface area contributed by atoms with E-state index in [9.17, 15) is 0 Å². The van der Waals surface area contributed by atoms with Crippen molar-refractivity contribution in [2.45, 2.75) is 46.5 Å². The average molecular weight is 194 g/mol. The molecule has 0 fully saturated rings. The summed E-state index contributed by atoms with van der Waals surface area (Å²) in [6, 6.07) is 2.10. The van der Waals surface area contributed by atoms with Crippen molar-refractivity contribution in [3.8, 4) is 6.07 Å². The maximum atomic E-state index is 8.58. The molecule has 0 unspecified atom stereocenters. The van der Waals surface area contributed by atoms with E-state index in [1.165, 1.54) is 25.7 Å². The van der Waals surface area contributed by atoms with Crippen LogP contribution in [0.2, 0.25) is 0 Å². The van der Waals surface area contributed by atoms with E-state index in [2.05, 4.69) is 24.8 Å². The van der Waals surface area contributed by atoms with Crippen molar-refractivity contribution in [2.75, 3.05) is 13.1 Å². The Hall–Kier alpha value is -0.970. The quantitative estimate of drug-likeness (QED) is 0.581. The fourth-order valence-electron chi connectivity index (χ4n) is 1.35. The smallest absolute Gasteiger partial charge is 0.0930 e. The summed E-state index contributed by atoms with van der Waals surface area (Å²) in [7, 11) is 0. The van der Waals surface area contributed by atoms with Crippen LogP contribution in [0.1, 0.15) is 46.5 Å². The van der Waals surface area contributed by atoms with Crippen LogP contribution in [0, 0.1) is 11.3 Å². The molecule has 0 amide bonds. The number of rotatable bonds is 7. The molecule has 0 saturated heterocycles. The van der Waals surface area contributed by atoms with Gasteiger partial charge in [-0.05, 0) is 19.8 Å². The maximum absolute atomic E-state index is 8.58. The van der Waals surface area contributed by atoms with Gasteiger partial charge in [0, 0.05) is 24.9 Å². The van der Waals surface area contributed by atoms with Crippen LogP contribution in [-0.2, 0) is 0 Å². The van der Waals surface area contributed by atoms with Gasteiger partial charge in [-0.1, -0.05) is 26.7 Å². The van der Waals surface area contributed by atoms with Crippen LogP contribution in [0.5, 0.6) is 0 Å². The second-order valence-electron chi connectivity index (χ2n) is 3.61. The summed E-state index contributed by atoms with van der Waals surface area (Å²) in [6.45, 7) is 8.58. The Balaban J connectivity index is 4.09. The third kappa shape index (κ3) is 5.64. The molecule has 0 aliphatic carbocycles. The van der Waals surface area contributed by atoms with Crippen molar-refractivity contribution in [3.05, 3.63) is 11.8 Å². The summed E-state index contributed by atoms with van der Waals surface area (Å²) >= 11 is 0. The number of nitriles is 1. The Morgan fingerprint density at radius 2 is 1.71 bits per heavy atom. The summed E-state index contributed by atoms with van der Waals surface area (Å²) < 4.78 is 0. The molecule has 0 rings (SSSR count). The molecule has 0 aromatic heterocycles. The molecule has 0 heterocycles.